The monoisotopic (exact) mass is 310 g/mol. The molecule has 0 spiro atoms. The van der Waals surface area contributed by atoms with E-state index < -0.39 is 5.97 Å². The van der Waals surface area contributed by atoms with E-state index in [0.717, 1.165) is 23.3 Å². The summed E-state index contributed by atoms with van der Waals surface area (Å²) < 4.78 is 10.2. The molecule has 1 aromatic rings. The number of hydrogen-bond acceptors (Lipinski definition) is 6. The Bertz CT molecular complexity index is 578. The Morgan fingerprint density at radius 3 is 2.95 bits per heavy atom. The summed E-state index contributed by atoms with van der Waals surface area (Å²) in [5.74, 6) is -0.353. The average molecular weight is 310 g/mol. The fourth-order valence-corrected chi connectivity index (χ4v) is 4.04. The zero-order valence-corrected chi connectivity index (χ0v) is 12.7. The number of anilines is 1. The molecule has 1 aromatic heterocycles. The average Bonchev–Trinajstić information content (AvgIpc) is 3.11. The van der Waals surface area contributed by atoms with Crippen LogP contribution in [0.4, 0.5) is 5.00 Å². The van der Waals surface area contributed by atoms with Crippen molar-refractivity contribution in [3.63, 3.8) is 0 Å². The lowest BCUT2D eigenvalue weighted by Gasteiger charge is -2.29. The van der Waals surface area contributed by atoms with E-state index in [2.05, 4.69) is 0 Å². The molecule has 21 heavy (non-hydrogen) atoms. The van der Waals surface area contributed by atoms with Gasteiger partial charge in [-0.15, -0.1) is 11.3 Å². The summed E-state index contributed by atoms with van der Waals surface area (Å²) in [7, 11) is 1.35. The van der Waals surface area contributed by atoms with Gasteiger partial charge in [0.15, 0.2) is 0 Å². The van der Waals surface area contributed by atoms with Crippen LogP contribution in [-0.2, 0) is 27.2 Å². The van der Waals surface area contributed by atoms with Gasteiger partial charge in [0.05, 0.1) is 19.2 Å². The Labute approximate surface area is 126 Å². The first kappa shape index (κ1) is 14.3. The molecule has 1 unspecified atom stereocenters. The van der Waals surface area contributed by atoms with Gasteiger partial charge < -0.3 is 20.1 Å². The van der Waals surface area contributed by atoms with Crippen molar-refractivity contribution in [3.05, 3.63) is 16.0 Å². The molecule has 1 amide bonds. The van der Waals surface area contributed by atoms with Crippen molar-refractivity contribution in [3.8, 4) is 0 Å². The molecular formula is C14H18N2O4S. The summed E-state index contributed by atoms with van der Waals surface area (Å²) in [4.78, 5) is 26.9. The topological polar surface area (TPSA) is 81.9 Å². The van der Waals surface area contributed by atoms with Crippen molar-refractivity contribution in [1.82, 2.24) is 4.90 Å². The zero-order chi connectivity index (χ0) is 15.0. The lowest BCUT2D eigenvalue weighted by atomic mass is 10.0. The molecule has 7 heteroatoms. The molecule has 1 saturated heterocycles. The van der Waals surface area contributed by atoms with E-state index in [1.807, 2.05) is 0 Å². The molecule has 114 valence electrons. The number of nitrogen functional groups attached to an aromatic ring is 1. The molecule has 1 atom stereocenters. The first-order valence-electron chi connectivity index (χ1n) is 7.00. The highest BCUT2D eigenvalue weighted by Gasteiger charge is 2.33. The first-order chi connectivity index (χ1) is 10.1. The second-order valence-electron chi connectivity index (χ2n) is 5.25. The van der Waals surface area contributed by atoms with Crippen LogP contribution >= 0.6 is 11.3 Å². The predicted octanol–water partition coefficient (Wildman–Crippen LogP) is 1.18. The van der Waals surface area contributed by atoms with Gasteiger partial charge in [0.25, 0.3) is 5.91 Å². The van der Waals surface area contributed by atoms with Gasteiger partial charge in [0.1, 0.15) is 11.1 Å². The van der Waals surface area contributed by atoms with Gasteiger partial charge in [-0.1, -0.05) is 0 Å². The highest BCUT2D eigenvalue weighted by Crippen LogP contribution is 2.36. The van der Waals surface area contributed by atoms with Crippen molar-refractivity contribution in [2.45, 2.75) is 31.9 Å². The van der Waals surface area contributed by atoms with Crippen molar-refractivity contribution in [1.29, 1.82) is 0 Å². The molecule has 3 heterocycles. The summed E-state index contributed by atoms with van der Waals surface area (Å²) >= 11 is 1.37. The summed E-state index contributed by atoms with van der Waals surface area (Å²) in [5, 5.41) is 0.471. The Kier molecular flexibility index (Phi) is 3.86. The van der Waals surface area contributed by atoms with Crippen molar-refractivity contribution >= 4 is 28.2 Å². The molecule has 0 aromatic carbocycles. The first-order valence-corrected chi connectivity index (χ1v) is 7.82. The smallest absolute Gasteiger partial charge is 0.341 e. The number of thiophene rings is 1. The van der Waals surface area contributed by atoms with Gasteiger partial charge in [0, 0.05) is 18.0 Å². The summed E-state index contributed by atoms with van der Waals surface area (Å²) in [6, 6.07) is 0. The van der Waals surface area contributed by atoms with E-state index in [1.54, 1.807) is 4.90 Å². The maximum atomic E-state index is 12.4. The van der Waals surface area contributed by atoms with Crippen LogP contribution in [0, 0.1) is 0 Å². The molecule has 0 radical (unpaired) electrons. The fourth-order valence-electron chi connectivity index (χ4n) is 2.91. The summed E-state index contributed by atoms with van der Waals surface area (Å²) in [6.07, 6.45) is 2.06. The van der Waals surface area contributed by atoms with E-state index in [-0.39, 0.29) is 12.0 Å². The van der Waals surface area contributed by atoms with Gasteiger partial charge in [-0.25, -0.2) is 4.79 Å². The van der Waals surface area contributed by atoms with Gasteiger partial charge in [0.2, 0.25) is 0 Å². The molecule has 0 saturated carbocycles. The highest BCUT2D eigenvalue weighted by atomic mass is 32.1. The molecule has 6 nitrogen and oxygen atoms in total. The minimum absolute atomic E-state index is 0.0461. The molecule has 0 bridgehead atoms. The Balaban J connectivity index is 1.80. The lowest BCUT2D eigenvalue weighted by Crippen LogP contribution is -2.41. The van der Waals surface area contributed by atoms with Gasteiger partial charge in [-0.3, -0.25) is 4.79 Å². The quantitative estimate of drug-likeness (QED) is 0.830. The van der Waals surface area contributed by atoms with Crippen LogP contribution in [0.25, 0.3) is 0 Å². The highest BCUT2D eigenvalue weighted by molar-refractivity contribution is 7.16. The van der Waals surface area contributed by atoms with E-state index in [1.165, 1.54) is 18.4 Å². The maximum absolute atomic E-state index is 12.4. The number of hydrogen-bond donors (Lipinski definition) is 1. The zero-order valence-electron chi connectivity index (χ0n) is 11.9. The third kappa shape index (κ3) is 2.51. The number of carbonyl (C=O) groups excluding carboxylic acids is 2. The molecular weight excluding hydrogens is 292 g/mol. The molecule has 2 aliphatic heterocycles. The Morgan fingerprint density at radius 1 is 1.48 bits per heavy atom. The summed E-state index contributed by atoms with van der Waals surface area (Å²) in [6.45, 7) is 1.75. The number of nitrogens with two attached hydrogens (primary N) is 1. The fraction of sp³-hybridized carbons (Fsp3) is 0.571. The molecule has 3 rings (SSSR count). The van der Waals surface area contributed by atoms with E-state index >= 15 is 0 Å². The van der Waals surface area contributed by atoms with E-state index in [4.69, 9.17) is 15.2 Å². The van der Waals surface area contributed by atoms with Crippen molar-refractivity contribution < 1.29 is 19.1 Å². The Morgan fingerprint density at radius 2 is 2.29 bits per heavy atom. The molecule has 0 aliphatic carbocycles. The lowest BCUT2D eigenvalue weighted by molar-refractivity contribution is -0.141. The number of carbonyl (C=O) groups is 2. The van der Waals surface area contributed by atoms with Crippen molar-refractivity contribution in [2.24, 2.45) is 0 Å². The maximum Gasteiger partial charge on any atom is 0.341 e. The minimum Gasteiger partial charge on any atom is -0.465 e. The van der Waals surface area contributed by atoms with Crippen LogP contribution in [0.15, 0.2) is 0 Å². The predicted molar refractivity (Wildman–Crippen MR) is 78.2 cm³/mol. The second kappa shape index (κ2) is 5.65. The second-order valence-corrected chi connectivity index (χ2v) is 6.38. The van der Waals surface area contributed by atoms with Gasteiger partial charge in [-0.05, 0) is 24.8 Å². The van der Waals surface area contributed by atoms with Crippen LogP contribution in [0.5, 0.6) is 0 Å². The molecule has 2 aliphatic rings. The largest absolute Gasteiger partial charge is 0.465 e. The number of methoxy groups -OCH3 is 1. The third-order valence-corrected chi connectivity index (χ3v) is 5.04. The van der Waals surface area contributed by atoms with Crippen molar-refractivity contribution in [2.75, 3.05) is 26.0 Å². The van der Waals surface area contributed by atoms with E-state index in [9.17, 15) is 9.59 Å². The SMILES string of the molecule is COC(=O)c1c(N)sc2c1CCN(C(=O)C1CCCO1)C2. The molecule has 1 fully saturated rings. The summed E-state index contributed by atoms with van der Waals surface area (Å²) in [5.41, 5.74) is 7.34. The van der Waals surface area contributed by atoms with Crippen LogP contribution in [-0.4, -0.2) is 43.1 Å². The normalized spacial score (nSPS) is 21.2. The van der Waals surface area contributed by atoms with E-state index in [0.29, 0.717) is 36.7 Å². The standard InChI is InChI=1S/C14H18N2O4S/c1-19-14(18)11-8-4-5-16(7-10(8)21-12(11)15)13(17)9-3-2-6-20-9/h9H,2-7,15H2,1H3. The number of rotatable bonds is 2. The number of esters is 1. The number of fused-ring (bicyclic) bond motifs is 1. The molecule has 2 N–H and O–H groups in total. The third-order valence-electron chi connectivity index (χ3n) is 3.99. The number of ether oxygens (including phenoxy) is 2. The minimum atomic E-state index is -0.399. The van der Waals surface area contributed by atoms with Crippen LogP contribution in [0.3, 0.4) is 0 Å². The van der Waals surface area contributed by atoms with Crippen LogP contribution in [0.1, 0.15) is 33.6 Å². The van der Waals surface area contributed by atoms with Crippen LogP contribution in [0.2, 0.25) is 0 Å². The number of nitrogens with zero attached hydrogens (tertiary/aromatic N) is 1. The Hall–Kier alpha value is -1.60. The van der Waals surface area contributed by atoms with Crippen LogP contribution < -0.4 is 5.73 Å². The number of amides is 1. The van der Waals surface area contributed by atoms with Gasteiger partial charge in [-0.2, -0.15) is 0 Å². The van der Waals surface area contributed by atoms with Gasteiger partial charge >= 0.3 is 5.97 Å².